The van der Waals surface area contributed by atoms with Crippen LogP contribution in [0.2, 0.25) is 0 Å². The molecule has 1 rings (SSSR count). The summed E-state index contributed by atoms with van der Waals surface area (Å²) in [4.78, 5) is 10.3. The number of carbonyl (C=O) groups is 1. The van der Waals surface area contributed by atoms with Crippen molar-refractivity contribution in [3.8, 4) is 0 Å². The van der Waals surface area contributed by atoms with E-state index in [2.05, 4.69) is 0 Å². The predicted molar refractivity (Wildman–Crippen MR) is 45.3 cm³/mol. The number of esters is 1. The maximum Gasteiger partial charge on any atom is 0.302 e. The van der Waals surface area contributed by atoms with Gasteiger partial charge in [0.2, 0.25) is 0 Å². The third kappa shape index (κ3) is 4.59. The van der Waals surface area contributed by atoms with E-state index in [4.69, 9.17) is 4.74 Å². The number of ether oxygens (including phenoxy) is 1. The molecule has 0 amide bonds. The molecule has 0 radical (unpaired) electrons. The van der Waals surface area contributed by atoms with E-state index in [-0.39, 0.29) is 12.1 Å². The van der Waals surface area contributed by atoms with Crippen molar-refractivity contribution < 1.29 is 9.53 Å². The first-order valence-corrected chi connectivity index (χ1v) is 4.11. The fourth-order valence-electron chi connectivity index (χ4n) is 0.923. The minimum absolute atomic E-state index is 0.127. The zero-order chi connectivity index (χ0) is 8.69. The molecule has 2 heteroatoms. The lowest BCUT2D eigenvalue weighted by Gasteiger charge is -2.07. The maximum absolute atomic E-state index is 10.3. The van der Waals surface area contributed by atoms with Crippen LogP contribution in [0.4, 0.5) is 0 Å². The summed E-state index contributed by atoms with van der Waals surface area (Å²) in [5, 5.41) is 0. The average Bonchev–Trinajstić information content (AvgIpc) is 2.43. The summed E-state index contributed by atoms with van der Waals surface area (Å²) in [7, 11) is 0. The second-order valence-corrected chi connectivity index (χ2v) is 2.17. The van der Waals surface area contributed by atoms with Crippen molar-refractivity contribution in [2.75, 3.05) is 0 Å². The molecule has 11 heavy (non-hydrogen) atoms. The van der Waals surface area contributed by atoms with Crippen LogP contribution < -0.4 is 0 Å². The fraction of sp³-hybridized carbons (Fsp3) is 0.667. The molecule has 0 bridgehead atoms. The second-order valence-electron chi connectivity index (χ2n) is 2.17. The van der Waals surface area contributed by atoms with Crippen LogP contribution in [0, 0.1) is 0 Å². The van der Waals surface area contributed by atoms with Crippen molar-refractivity contribution in [3.05, 3.63) is 12.2 Å². The SMILES string of the molecule is CC.CC(=O)OC1CC=CC1. The quantitative estimate of drug-likeness (QED) is 0.430. The minimum atomic E-state index is -0.177. The van der Waals surface area contributed by atoms with Crippen LogP contribution in [0.1, 0.15) is 33.6 Å². The first-order chi connectivity index (χ1) is 5.29. The summed E-state index contributed by atoms with van der Waals surface area (Å²) in [6, 6.07) is 0. The molecule has 0 aromatic heterocycles. The summed E-state index contributed by atoms with van der Waals surface area (Å²) in [5.41, 5.74) is 0. The molecule has 64 valence electrons. The van der Waals surface area contributed by atoms with Crippen molar-refractivity contribution in [2.45, 2.75) is 39.7 Å². The van der Waals surface area contributed by atoms with Gasteiger partial charge >= 0.3 is 5.97 Å². The van der Waals surface area contributed by atoms with E-state index < -0.39 is 0 Å². The molecule has 1 aliphatic rings. The Labute approximate surface area is 68.2 Å². The average molecular weight is 156 g/mol. The van der Waals surface area contributed by atoms with E-state index in [0.29, 0.717) is 0 Å². The first kappa shape index (κ1) is 10.2. The number of rotatable bonds is 1. The molecule has 2 nitrogen and oxygen atoms in total. The third-order valence-corrected chi connectivity index (χ3v) is 1.30. The molecule has 0 fully saturated rings. The van der Waals surface area contributed by atoms with Gasteiger partial charge in [0.15, 0.2) is 0 Å². The largest absolute Gasteiger partial charge is 0.462 e. The highest BCUT2D eigenvalue weighted by Crippen LogP contribution is 2.12. The van der Waals surface area contributed by atoms with Crippen LogP contribution in [-0.2, 0) is 9.53 Å². The topological polar surface area (TPSA) is 26.3 Å². The molecular formula is C9H16O2. The molecule has 1 aliphatic carbocycles. The molecular weight excluding hydrogens is 140 g/mol. The van der Waals surface area contributed by atoms with Gasteiger partial charge in [-0.25, -0.2) is 0 Å². The first-order valence-electron chi connectivity index (χ1n) is 4.11. The van der Waals surface area contributed by atoms with Crippen molar-refractivity contribution >= 4 is 5.97 Å². The molecule has 0 aliphatic heterocycles. The van der Waals surface area contributed by atoms with Gasteiger partial charge in [0, 0.05) is 19.8 Å². The van der Waals surface area contributed by atoms with E-state index in [0.717, 1.165) is 12.8 Å². The van der Waals surface area contributed by atoms with Crippen LogP contribution in [-0.4, -0.2) is 12.1 Å². The predicted octanol–water partition coefficient (Wildman–Crippen LogP) is 2.29. The standard InChI is InChI=1S/C7H10O2.C2H6/c1-6(8)9-7-4-2-3-5-7;1-2/h2-3,7H,4-5H2,1H3;1-2H3. The van der Waals surface area contributed by atoms with Crippen LogP contribution in [0.15, 0.2) is 12.2 Å². The Hall–Kier alpha value is -0.790. The van der Waals surface area contributed by atoms with Crippen LogP contribution >= 0.6 is 0 Å². The molecule has 0 saturated carbocycles. The lowest BCUT2D eigenvalue weighted by Crippen LogP contribution is -2.11. The van der Waals surface area contributed by atoms with Crippen molar-refractivity contribution in [2.24, 2.45) is 0 Å². The van der Waals surface area contributed by atoms with Gasteiger partial charge in [0.1, 0.15) is 6.10 Å². The van der Waals surface area contributed by atoms with Crippen LogP contribution in [0.5, 0.6) is 0 Å². The highest BCUT2D eigenvalue weighted by atomic mass is 16.5. The van der Waals surface area contributed by atoms with Gasteiger partial charge in [-0.15, -0.1) is 0 Å². The highest BCUT2D eigenvalue weighted by Gasteiger charge is 2.11. The Balaban J connectivity index is 0.000000461. The van der Waals surface area contributed by atoms with Gasteiger partial charge in [0.25, 0.3) is 0 Å². The van der Waals surface area contributed by atoms with Gasteiger partial charge in [-0.1, -0.05) is 26.0 Å². The summed E-state index contributed by atoms with van der Waals surface area (Å²) in [5.74, 6) is -0.177. The Kier molecular flexibility index (Phi) is 5.53. The van der Waals surface area contributed by atoms with Crippen molar-refractivity contribution in [1.29, 1.82) is 0 Å². The second kappa shape index (κ2) is 5.96. The van der Waals surface area contributed by atoms with E-state index in [9.17, 15) is 4.79 Å². The smallest absolute Gasteiger partial charge is 0.302 e. The summed E-state index contributed by atoms with van der Waals surface area (Å²) < 4.78 is 4.91. The molecule has 0 saturated heterocycles. The Morgan fingerprint density at radius 2 is 1.82 bits per heavy atom. The summed E-state index contributed by atoms with van der Waals surface area (Å²) >= 11 is 0. The van der Waals surface area contributed by atoms with E-state index in [1.807, 2.05) is 26.0 Å². The zero-order valence-corrected chi connectivity index (χ0v) is 7.46. The number of hydrogen-bond acceptors (Lipinski definition) is 2. The van der Waals surface area contributed by atoms with Crippen LogP contribution in [0.25, 0.3) is 0 Å². The number of carbonyl (C=O) groups excluding carboxylic acids is 1. The molecule has 0 atom stereocenters. The summed E-state index contributed by atoms with van der Waals surface area (Å²) in [6.07, 6.45) is 5.97. The molecule has 0 spiro atoms. The lowest BCUT2D eigenvalue weighted by molar-refractivity contribution is -0.145. The van der Waals surface area contributed by atoms with Gasteiger partial charge in [0.05, 0.1) is 0 Å². The monoisotopic (exact) mass is 156 g/mol. The van der Waals surface area contributed by atoms with Crippen LogP contribution in [0.3, 0.4) is 0 Å². The molecule has 0 aromatic rings. The highest BCUT2D eigenvalue weighted by molar-refractivity contribution is 5.66. The Bertz CT molecular complexity index is 130. The lowest BCUT2D eigenvalue weighted by atomic mass is 10.3. The number of hydrogen-bond donors (Lipinski definition) is 0. The van der Waals surface area contributed by atoms with Crippen molar-refractivity contribution in [1.82, 2.24) is 0 Å². The Morgan fingerprint density at radius 1 is 1.36 bits per heavy atom. The molecule has 0 aromatic carbocycles. The Morgan fingerprint density at radius 3 is 2.18 bits per heavy atom. The zero-order valence-electron chi connectivity index (χ0n) is 7.46. The van der Waals surface area contributed by atoms with Gasteiger partial charge in [-0.2, -0.15) is 0 Å². The van der Waals surface area contributed by atoms with Gasteiger partial charge in [-0.05, 0) is 0 Å². The molecule has 0 heterocycles. The van der Waals surface area contributed by atoms with E-state index in [1.54, 1.807) is 0 Å². The summed E-state index contributed by atoms with van der Waals surface area (Å²) in [6.45, 7) is 5.44. The van der Waals surface area contributed by atoms with Gasteiger partial charge in [-0.3, -0.25) is 4.79 Å². The van der Waals surface area contributed by atoms with Crippen molar-refractivity contribution in [3.63, 3.8) is 0 Å². The molecule has 0 N–H and O–H groups in total. The normalized spacial score (nSPS) is 15.5. The minimum Gasteiger partial charge on any atom is -0.462 e. The van der Waals surface area contributed by atoms with E-state index >= 15 is 0 Å². The van der Waals surface area contributed by atoms with Gasteiger partial charge < -0.3 is 4.74 Å². The fourth-order valence-corrected chi connectivity index (χ4v) is 0.923. The maximum atomic E-state index is 10.3. The third-order valence-electron chi connectivity index (χ3n) is 1.30. The molecule has 0 unspecified atom stereocenters. The van der Waals surface area contributed by atoms with E-state index in [1.165, 1.54) is 6.92 Å².